The molecule has 3 aromatic carbocycles. The lowest BCUT2D eigenvalue weighted by atomic mass is 10.1. The van der Waals surface area contributed by atoms with Crippen molar-refractivity contribution in [2.24, 2.45) is 0 Å². The van der Waals surface area contributed by atoms with Crippen molar-refractivity contribution in [2.45, 2.75) is 51.5 Å². The maximum absolute atomic E-state index is 14.2. The largest absolute Gasteiger partial charge is 0.493 e. The van der Waals surface area contributed by atoms with Crippen LogP contribution in [0.3, 0.4) is 0 Å². The van der Waals surface area contributed by atoms with Crippen LogP contribution in [0.1, 0.15) is 37.0 Å². The Morgan fingerprint density at radius 2 is 1.52 bits per heavy atom. The van der Waals surface area contributed by atoms with Gasteiger partial charge in [-0.3, -0.25) is 13.9 Å². The third-order valence-electron chi connectivity index (χ3n) is 6.94. The van der Waals surface area contributed by atoms with Crippen LogP contribution in [0.5, 0.6) is 11.5 Å². The van der Waals surface area contributed by atoms with E-state index in [1.165, 1.54) is 37.3 Å². The van der Waals surface area contributed by atoms with Gasteiger partial charge in [0.15, 0.2) is 11.5 Å². The number of hydrogen-bond donors (Lipinski definition) is 1. The minimum Gasteiger partial charge on any atom is -0.493 e. The van der Waals surface area contributed by atoms with E-state index in [4.69, 9.17) is 9.47 Å². The van der Waals surface area contributed by atoms with E-state index in [1.807, 2.05) is 64.1 Å². The highest BCUT2D eigenvalue weighted by Gasteiger charge is 2.34. The van der Waals surface area contributed by atoms with Gasteiger partial charge < -0.3 is 19.7 Å². The molecule has 2 amide bonds. The number of hydrogen-bond acceptors (Lipinski definition) is 6. The number of nitrogens with zero attached hydrogens (tertiary/aromatic N) is 2. The smallest absolute Gasteiger partial charge is 0.264 e. The Kier molecular flexibility index (Phi) is 11.4. The molecule has 0 saturated carbocycles. The highest BCUT2D eigenvalue weighted by molar-refractivity contribution is 7.92. The van der Waals surface area contributed by atoms with Crippen LogP contribution >= 0.6 is 0 Å². The van der Waals surface area contributed by atoms with Gasteiger partial charge in [0.1, 0.15) is 12.6 Å². The minimum absolute atomic E-state index is 0.0567. The van der Waals surface area contributed by atoms with Gasteiger partial charge in [-0.25, -0.2) is 8.42 Å². The van der Waals surface area contributed by atoms with Crippen LogP contribution in [-0.2, 0) is 26.0 Å². The van der Waals surface area contributed by atoms with Gasteiger partial charge >= 0.3 is 0 Å². The highest BCUT2D eigenvalue weighted by atomic mass is 32.2. The molecule has 0 aromatic heterocycles. The number of methoxy groups -OCH3 is 2. The fourth-order valence-electron chi connectivity index (χ4n) is 4.92. The average molecular weight is 596 g/mol. The second-order valence-electron chi connectivity index (χ2n) is 10.0. The molecule has 0 radical (unpaired) electrons. The number of sulfonamides is 1. The van der Waals surface area contributed by atoms with Crippen LogP contribution in [0.2, 0.25) is 0 Å². The summed E-state index contributed by atoms with van der Waals surface area (Å²) in [5.41, 5.74) is 3.05. The van der Waals surface area contributed by atoms with E-state index in [0.29, 0.717) is 30.8 Å². The molecule has 0 aliphatic heterocycles. The number of rotatable bonds is 14. The lowest BCUT2D eigenvalue weighted by Crippen LogP contribution is -2.53. The number of carbonyl (C=O) groups is 2. The molecule has 42 heavy (non-hydrogen) atoms. The molecule has 0 aliphatic carbocycles. The molecule has 10 heteroatoms. The van der Waals surface area contributed by atoms with Crippen molar-refractivity contribution < 1.29 is 27.5 Å². The van der Waals surface area contributed by atoms with Gasteiger partial charge in [-0.2, -0.15) is 0 Å². The zero-order valence-corrected chi connectivity index (χ0v) is 26.0. The summed E-state index contributed by atoms with van der Waals surface area (Å²) >= 11 is 0. The van der Waals surface area contributed by atoms with E-state index < -0.39 is 28.5 Å². The van der Waals surface area contributed by atoms with Crippen molar-refractivity contribution >= 4 is 27.5 Å². The van der Waals surface area contributed by atoms with Crippen molar-refractivity contribution in [1.29, 1.82) is 0 Å². The Hall–Kier alpha value is -4.05. The summed E-state index contributed by atoms with van der Waals surface area (Å²) in [4.78, 5) is 28.6. The number of aryl methyl sites for hydroxylation is 2. The summed E-state index contributed by atoms with van der Waals surface area (Å²) in [6, 6.07) is 18.6. The zero-order valence-electron chi connectivity index (χ0n) is 25.2. The first-order valence-electron chi connectivity index (χ1n) is 14.0. The molecule has 0 fully saturated rings. The first kappa shape index (κ1) is 32.5. The second kappa shape index (κ2) is 14.7. The van der Waals surface area contributed by atoms with Crippen LogP contribution in [0.25, 0.3) is 0 Å². The summed E-state index contributed by atoms with van der Waals surface area (Å²) < 4.78 is 40.2. The Bertz CT molecular complexity index is 1460. The number of amides is 2. The molecule has 1 atom stereocenters. The topological polar surface area (TPSA) is 105 Å². The van der Waals surface area contributed by atoms with Crippen molar-refractivity contribution in [3.8, 4) is 11.5 Å². The van der Waals surface area contributed by atoms with Crippen molar-refractivity contribution in [2.75, 3.05) is 38.2 Å². The normalized spacial score (nSPS) is 11.9. The van der Waals surface area contributed by atoms with Gasteiger partial charge in [0.25, 0.3) is 10.0 Å². The third-order valence-corrected chi connectivity index (χ3v) is 8.71. The maximum atomic E-state index is 14.2. The van der Waals surface area contributed by atoms with Gasteiger partial charge in [-0.15, -0.1) is 0 Å². The van der Waals surface area contributed by atoms with E-state index in [0.717, 1.165) is 21.0 Å². The number of nitrogens with one attached hydrogen (secondary N) is 1. The molecular formula is C32H41N3O6S. The fourth-order valence-corrected chi connectivity index (χ4v) is 6.33. The number of carbonyl (C=O) groups excluding carboxylic acids is 2. The monoisotopic (exact) mass is 595 g/mol. The molecule has 0 aliphatic rings. The summed E-state index contributed by atoms with van der Waals surface area (Å²) in [6.07, 6.45) is 0.882. The summed E-state index contributed by atoms with van der Waals surface area (Å²) in [5.74, 6) is -0.128. The van der Waals surface area contributed by atoms with E-state index in [1.54, 1.807) is 12.1 Å². The van der Waals surface area contributed by atoms with E-state index in [-0.39, 0.29) is 23.1 Å². The van der Waals surface area contributed by atoms with Gasteiger partial charge in [0.2, 0.25) is 11.8 Å². The molecule has 0 bridgehead atoms. The lowest BCUT2D eigenvalue weighted by molar-refractivity contribution is -0.139. The zero-order chi connectivity index (χ0) is 30.9. The molecule has 3 rings (SSSR count). The summed E-state index contributed by atoms with van der Waals surface area (Å²) in [7, 11) is -1.36. The van der Waals surface area contributed by atoms with Gasteiger partial charge in [-0.1, -0.05) is 43.3 Å². The Morgan fingerprint density at radius 1 is 0.881 bits per heavy atom. The van der Waals surface area contributed by atoms with E-state index in [2.05, 4.69) is 5.32 Å². The number of ether oxygens (including phenoxy) is 2. The average Bonchev–Trinajstić information content (AvgIpc) is 2.97. The summed E-state index contributed by atoms with van der Waals surface area (Å²) in [5, 5.41) is 2.82. The van der Waals surface area contributed by atoms with Crippen LogP contribution in [-0.4, -0.2) is 65.0 Å². The molecule has 0 saturated heterocycles. The van der Waals surface area contributed by atoms with Crippen LogP contribution in [0, 0.1) is 13.8 Å². The maximum Gasteiger partial charge on any atom is 0.264 e. The Balaban J connectivity index is 2.08. The number of benzene rings is 3. The molecule has 226 valence electrons. The minimum atomic E-state index is -4.25. The predicted octanol–water partition coefficient (Wildman–Crippen LogP) is 4.50. The van der Waals surface area contributed by atoms with E-state index >= 15 is 0 Å². The first-order chi connectivity index (χ1) is 20.0. The molecule has 0 unspecified atom stereocenters. The standard InChI is InChI=1S/C32H41N3O6S/c1-7-28(32(37)33-8-2)34(17-16-25-12-10-9-11-13-25)31(36)22-35(26-19-23(3)18-24(4)20-26)42(38,39)27-14-15-29(40-5)30(21-27)41-6/h9-15,18-21,28H,7-8,16-17,22H2,1-6H3,(H,33,37)/t28-/m1/s1. The van der Waals surface area contributed by atoms with Gasteiger partial charge in [0, 0.05) is 19.2 Å². The molecule has 9 nitrogen and oxygen atoms in total. The molecule has 3 aromatic rings. The molecule has 0 spiro atoms. The Labute approximate surface area is 249 Å². The molecule has 0 heterocycles. The van der Waals surface area contributed by atoms with Gasteiger partial charge in [0.05, 0.1) is 24.8 Å². The SMILES string of the molecule is CCNC(=O)[C@@H](CC)N(CCc1ccccc1)C(=O)CN(c1cc(C)cc(C)c1)S(=O)(=O)c1ccc(OC)c(OC)c1. The third kappa shape index (κ3) is 7.82. The second-order valence-corrected chi connectivity index (χ2v) is 11.9. The van der Waals surface area contributed by atoms with Crippen LogP contribution in [0.15, 0.2) is 71.6 Å². The number of likely N-dealkylation sites (N-methyl/N-ethyl adjacent to an activating group) is 1. The van der Waals surface area contributed by atoms with E-state index in [9.17, 15) is 18.0 Å². The Morgan fingerprint density at radius 3 is 2.10 bits per heavy atom. The van der Waals surface area contributed by atoms with Crippen LogP contribution < -0.4 is 19.1 Å². The predicted molar refractivity (Wildman–Crippen MR) is 165 cm³/mol. The van der Waals surface area contributed by atoms with Crippen molar-refractivity contribution in [3.05, 3.63) is 83.4 Å². The number of anilines is 1. The van der Waals surface area contributed by atoms with Crippen molar-refractivity contribution in [3.63, 3.8) is 0 Å². The lowest BCUT2D eigenvalue weighted by Gasteiger charge is -2.33. The molecule has 1 N–H and O–H groups in total. The summed E-state index contributed by atoms with van der Waals surface area (Å²) in [6.45, 7) is 7.56. The van der Waals surface area contributed by atoms with Crippen LogP contribution in [0.4, 0.5) is 5.69 Å². The van der Waals surface area contributed by atoms with Gasteiger partial charge in [-0.05, 0) is 74.6 Å². The molecular weight excluding hydrogens is 554 g/mol. The quantitative estimate of drug-likeness (QED) is 0.294. The fraction of sp³-hybridized carbons (Fsp3) is 0.375. The van der Waals surface area contributed by atoms with Crippen molar-refractivity contribution in [1.82, 2.24) is 10.2 Å². The highest BCUT2D eigenvalue weighted by Crippen LogP contribution is 2.33. The first-order valence-corrected chi connectivity index (χ1v) is 15.4.